The molecule has 0 radical (unpaired) electrons. The van der Waals surface area contributed by atoms with Gasteiger partial charge in [0, 0.05) is 15.9 Å². The van der Waals surface area contributed by atoms with E-state index in [0.717, 1.165) is 17.6 Å². The summed E-state index contributed by atoms with van der Waals surface area (Å²) in [6.07, 6.45) is 2.50. The summed E-state index contributed by atoms with van der Waals surface area (Å²) in [6.45, 7) is 2.89. The number of hydrogen-bond donors (Lipinski definition) is 1. The molecule has 3 rings (SSSR count). The Labute approximate surface area is 143 Å². The van der Waals surface area contributed by atoms with Crippen molar-refractivity contribution in [2.45, 2.75) is 18.9 Å². The summed E-state index contributed by atoms with van der Waals surface area (Å²) >= 11 is 5.21. The van der Waals surface area contributed by atoms with Gasteiger partial charge in [0.15, 0.2) is 0 Å². The number of carbonyl (C=O) groups excluding carboxylic acids is 1. The summed E-state index contributed by atoms with van der Waals surface area (Å²) in [5.41, 5.74) is 0.689. The van der Waals surface area contributed by atoms with E-state index in [-0.39, 0.29) is 11.9 Å². The van der Waals surface area contributed by atoms with Crippen molar-refractivity contribution in [2.75, 3.05) is 19.6 Å². The molecule has 1 aromatic carbocycles. The highest BCUT2D eigenvalue weighted by Gasteiger charge is 2.25. The summed E-state index contributed by atoms with van der Waals surface area (Å²) in [5, 5.41) is 5.21. The van der Waals surface area contributed by atoms with E-state index < -0.39 is 0 Å². The third kappa shape index (κ3) is 3.59. The predicted octanol–water partition coefficient (Wildman–Crippen LogP) is 4.08. The Morgan fingerprint density at radius 1 is 1.23 bits per heavy atom. The molecule has 0 unspecified atom stereocenters. The fourth-order valence-electron chi connectivity index (χ4n) is 2.87. The highest BCUT2D eigenvalue weighted by atomic mass is 79.9. The normalized spacial score (nSPS) is 16.6. The SMILES string of the molecule is O=C(NC[C@@H](c1cccs1)N1CCCC1)c1ccccc1Br. The average molecular weight is 379 g/mol. The first-order valence-corrected chi connectivity index (χ1v) is 9.23. The first-order valence-electron chi connectivity index (χ1n) is 7.56. The Kier molecular flexibility index (Phi) is 5.28. The topological polar surface area (TPSA) is 32.3 Å². The zero-order chi connectivity index (χ0) is 15.4. The van der Waals surface area contributed by atoms with Gasteiger partial charge in [-0.1, -0.05) is 18.2 Å². The Morgan fingerprint density at radius 2 is 2.00 bits per heavy atom. The number of hydrogen-bond acceptors (Lipinski definition) is 3. The maximum atomic E-state index is 12.4. The van der Waals surface area contributed by atoms with Gasteiger partial charge >= 0.3 is 0 Å². The Bertz CT molecular complexity index is 623. The molecule has 0 spiro atoms. The van der Waals surface area contributed by atoms with E-state index in [1.807, 2.05) is 24.3 Å². The van der Waals surface area contributed by atoms with Gasteiger partial charge in [0.05, 0.1) is 11.6 Å². The number of likely N-dealkylation sites (tertiary alicyclic amines) is 1. The van der Waals surface area contributed by atoms with E-state index in [2.05, 4.69) is 43.7 Å². The number of nitrogens with one attached hydrogen (secondary N) is 1. The molecule has 22 heavy (non-hydrogen) atoms. The van der Waals surface area contributed by atoms with E-state index in [4.69, 9.17) is 0 Å². The van der Waals surface area contributed by atoms with E-state index in [9.17, 15) is 4.79 Å². The number of rotatable bonds is 5. The van der Waals surface area contributed by atoms with Crippen LogP contribution < -0.4 is 5.32 Å². The van der Waals surface area contributed by atoms with Crippen LogP contribution in [0.1, 0.15) is 34.1 Å². The molecule has 1 fully saturated rings. The molecule has 1 atom stereocenters. The van der Waals surface area contributed by atoms with Crippen molar-refractivity contribution in [3.63, 3.8) is 0 Å². The second kappa shape index (κ2) is 7.40. The van der Waals surface area contributed by atoms with Gasteiger partial charge in [-0.3, -0.25) is 9.69 Å². The fraction of sp³-hybridized carbons (Fsp3) is 0.353. The Balaban J connectivity index is 1.69. The van der Waals surface area contributed by atoms with Crippen LogP contribution in [0.25, 0.3) is 0 Å². The van der Waals surface area contributed by atoms with Crippen LogP contribution in [0.2, 0.25) is 0 Å². The van der Waals surface area contributed by atoms with Crippen LogP contribution in [0.15, 0.2) is 46.3 Å². The van der Waals surface area contributed by atoms with Crippen LogP contribution in [0.4, 0.5) is 0 Å². The van der Waals surface area contributed by atoms with Gasteiger partial charge < -0.3 is 5.32 Å². The van der Waals surface area contributed by atoms with Gasteiger partial charge in [0.1, 0.15) is 0 Å². The monoisotopic (exact) mass is 378 g/mol. The molecular weight excluding hydrogens is 360 g/mol. The number of halogens is 1. The maximum absolute atomic E-state index is 12.4. The third-order valence-electron chi connectivity index (χ3n) is 4.03. The molecule has 2 aromatic rings. The van der Waals surface area contributed by atoms with Crippen molar-refractivity contribution < 1.29 is 4.79 Å². The third-order valence-corrected chi connectivity index (χ3v) is 5.69. The molecule has 1 aliphatic rings. The lowest BCUT2D eigenvalue weighted by molar-refractivity contribution is 0.0937. The molecular formula is C17H19BrN2OS. The highest BCUT2D eigenvalue weighted by Crippen LogP contribution is 2.28. The van der Waals surface area contributed by atoms with Crippen molar-refractivity contribution in [3.8, 4) is 0 Å². The van der Waals surface area contributed by atoms with E-state index in [0.29, 0.717) is 12.1 Å². The standard InChI is InChI=1S/C17H19BrN2OS/c18-14-7-2-1-6-13(14)17(21)19-12-15(16-8-5-11-22-16)20-9-3-4-10-20/h1-2,5-8,11,15H,3-4,9-10,12H2,(H,19,21)/t15-/m0/s1. The highest BCUT2D eigenvalue weighted by molar-refractivity contribution is 9.10. The van der Waals surface area contributed by atoms with Gasteiger partial charge in [-0.25, -0.2) is 0 Å². The molecule has 1 saturated heterocycles. The van der Waals surface area contributed by atoms with Crippen LogP contribution in [0.3, 0.4) is 0 Å². The number of carbonyl (C=O) groups is 1. The minimum atomic E-state index is -0.0202. The maximum Gasteiger partial charge on any atom is 0.252 e. The lowest BCUT2D eigenvalue weighted by Crippen LogP contribution is -2.36. The van der Waals surface area contributed by atoms with Crippen LogP contribution in [0.5, 0.6) is 0 Å². The quantitative estimate of drug-likeness (QED) is 0.849. The largest absolute Gasteiger partial charge is 0.350 e. The van der Waals surface area contributed by atoms with E-state index in [1.54, 1.807) is 11.3 Å². The summed E-state index contributed by atoms with van der Waals surface area (Å²) in [5.74, 6) is -0.0202. The summed E-state index contributed by atoms with van der Waals surface area (Å²) < 4.78 is 0.835. The predicted molar refractivity (Wildman–Crippen MR) is 94.3 cm³/mol. The molecule has 3 nitrogen and oxygen atoms in total. The summed E-state index contributed by atoms with van der Waals surface area (Å²) in [7, 11) is 0. The van der Waals surface area contributed by atoms with Gasteiger partial charge in [-0.05, 0) is 65.4 Å². The number of nitrogens with zero attached hydrogens (tertiary/aromatic N) is 1. The Morgan fingerprint density at radius 3 is 2.68 bits per heavy atom. The molecule has 5 heteroatoms. The second-order valence-corrected chi connectivity index (χ2v) is 7.30. The average Bonchev–Trinajstić information content (AvgIpc) is 3.21. The molecule has 1 aromatic heterocycles. The minimum Gasteiger partial charge on any atom is -0.350 e. The van der Waals surface area contributed by atoms with Crippen molar-refractivity contribution in [1.82, 2.24) is 10.2 Å². The molecule has 0 saturated carbocycles. The van der Waals surface area contributed by atoms with Crippen LogP contribution >= 0.6 is 27.3 Å². The number of benzene rings is 1. The summed E-state index contributed by atoms with van der Waals surface area (Å²) in [4.78, 5) is 16.2. The van der Waals surface area contributed by atoms with Crippen LogP contribution in [-0.2, 0) is 0 Å². The van der Waals surface area contributed by atoms with Gasteiger partial charge in [-0.2, -0.15) is 0 Å². The Hall–Kier alpha value is -1.17. The zero-order valence-corrected chi connectivity index (χ0v) is 14.7. The van der Waals surface area contributed by atoms with Gasteiger partial charge in [0.25, 0.3) is 5.91 Å². The molecule has 1 N–H and O–H groups in total. The van der Waals surface area contributed by atoms with E-state index >= 15 is 0 Å². The number of thiophene rings is 1. The molecule has 1 amide bonds. The molecule has 2 heterocycles. The lowest BCUT2D eigenvalue weighted by atomic mass is 10.2. The molecule has 0 bridgehead atoms. The van der Waals surface area contributed by atoms with Crippen molar-refractivity contribution in [1.29, 1.82) is 0 Å². The molecule has 0 aliphatic carbocycles. The van der Waals surface area contributed by atoms with Crippen molar-refractivity contribution in [2.24, 2.45) is 0 Å². The zero-order valence-electron chi connectivity index (χ0n) is 12.3. The number of amides is 1. The first-order chi connectivity index (χ1) is 10.8. The minimum absolute atomic E-state index is 0.0202. The van der Waals surface area contributed by atoms with E-state index in [1.165, 1.54) is 17.7 Å². The molecule has 116 valence electrons. The van der Waals surface area contributed by atoms with Gasteiger partial charge in [0.2, 0.25) is 0 Å². The van der Waals surface area contributed by atoms with Crippen molar-refractivity contribution >= 4 is 33.2 Å². The van der Waals surface area contributed by atoms with Crippen LogP contribution in [0, 0.1) is 0 Å². The van der Waals surface area contributed by atoms with Crippen LogP contribution in [-0.4, -0.2) is 30.4 Å². The smallest absolute Gasteiger partial charge is 0.252 e. The van der Waals surface area contributed by atoms with Gasteiger partial charge in [-0.15, -0.1) is 11.3 Å². The fourth-order valence-corrected chi connectivity index (χ4v) is 4.20. The lowest BCUT2D eigenvalue weighted by Gasteiger charge is -2.27. The summed E-state index contributed by atoms with van der Waals surface area (Å²) in [6, 6.07) is 12.1. The van der Waals surface area contributed by atoms with Crippen molar-refractivity contribution in [3.05, 3.63) is 56.7 Å². The molecule has 1 aliphatic heterocycles. The first kappa shape index (κ1) is 15.7. The second-order valence-electron chi connectivity index (χ2n) is 5.46.